The number of hydrogen-bond donors (Lipinski definition) is 2. The molecule has 58 valence electrons. The molecular formula is C7H5N5. The lowest BCUT2D eigenvalue weighted by atomic mass is 10.5. The van der Waals surface area contributed by atoms with Crippen molar-refractivity contribution in [2.24, 2.45) is 0 Å². The summed E-state index contributed by atoms with van der Waals surface area (Å²) in [6, 6.07) is 1.95. The predicted molar refractivity (Wildman–Crippen MR) is 40.9 cm³/mol. The minimum atomic E-state index is 0.432. The highest BCUT2D eigenvalue weighted by Crippen LogP contribution is 2.08. The first kappa shape index (κ1) is 6.61. The fraction of sp³-hybridized carbons (Fsp3) is 0. The van der Waals surface area contributed by atoms with Crippen molar-refractivity contribution in [2.45, 2.75) is 0 Å². The normalized spacial score (nSPS) is 9.58. The van der Waals surface area contributed by atoms with Gasteiger partial charge in [-0.1, -0.05) is 0 Å². The topological polar surface area (TPSA) is 81.2 Å². The molecule has 5 heteroatoms. The van der Waals surface area contributed by atoms with Crippen molar-refractivity contribution >= 4 is 0 Å². The Labute approximate surface area is 68.1 Å². The third-order valence-corrected chi connectivity index (χ3v) is 1.42. The van der Waals surface area contributed by atoms with Crippen LogP contribution in [0.15, 0.2) is 18.6 Å². The summed E-state index contributed by atoms with van der Waals surface area (Å²) in [7, 11) is 0. The molecule has 0 fully saturated rings. The van der Waals surface area contributed by atoms with E-state index in [0.717, 1.165) is 0 Å². The predicted octanol–water partition coefficient (Wildman–Crippen LogP) is 0.671. The number of nitrogens with one attached hydrogen (secondary N) is 2. The second-order valence-electron chi connectivity index (χ2n) is 2.20. The first-order valence-electron chi connectivity index (χ1n) is 3.35. The highest BCUT2D eigenvalue weighted by Gasteiger charge is 2.03. The van der Waals surface area contributed by atoms with Gasteiger partial charge in [0.05, 0.1) is 6.20 Å². The number of rotatable bonds is 1. The molecule has 2 rings (SSSR count). The smallest absolute Gasteiger partial charge is 0.174 e. The quantitative estimate of drug-likeness (QED) is 0.641. The largest absolute Gasteiger partial charge is 0.342 e. The molecule has 0 radical (unpaired) electrons. The first-order valence-corrected chi connectivity index (χ1v) is 3.35. The Bertz CT molecular complexity index is 405. The number of nitriles is 1. The molecule has 0 spiro atoms. The van der Waals surface area contributed by atoms with Crippen LogP contribution in [0.5, 0.6) is 0 Å². The Kier molecular flexibility index (Phi) is 1.38. The van der Waals surface area contributed by atoms with Gasteiger partial charge in [-0.2, -0.15) is 5.26 Å². The van der Waals surface area contributed by atoms with Gasteiger partial charge >= 0.3 is 0 Å². The van der Waals surface area contributed by atoms with Gasteiger partial charge in [0.15, 0.2) is 11.6 Å². The lowest BCUT2D eigenvalue weighted by Crippen LogP contribution is -1.82. The zero-order valence-electron chi connectivity index (χ0n) is 6.07. The van der Waals surface area contributed by atoms with Crippen molar-refractivity contribution in [1.29, 1.82) is 5.26 Å². The summed E-state index contributed by atoms with van der Waals surface area (Å²) in [5.41, 5.74) is 0.432. The van der Waals surface area contributed by atoms with Crippen molar-refractivity contribution in [1.82, 2.24) is 19.9 Å². The Balaban J connectivity index is 2.44. The van der Waals surface area contributed by atoms with Gasteiger partial charge in [0.25, 0.3) is 0 Å². The third kappa shape index (κ3) is 0.953. The van der Waals surface area contributed by atoms with Gasteiger partial charge in [0.2, 0.25) is 0 Å². The van der Waals surface area contributed by atoms with Crippen LogP contribution in [-0.2, 0) is 0 Å². The van der Waals surface area contributed by atoms with Gasteiger partial charge in [-0.05, 0) is 0 Å². The van der Waals surface area contributed by atoms with E-state index < -0.39 is 0 Å². The number of nitrogens with zero attached hydrogens (tertiary/aromatic N) is 3. The van der Waals surface area contributed by atoms with Crippen LogP contribution in [0.25, 0.3) is 11.6 Å². The molecule has 2 aromatic rings. The van der Waals surface area contributed by atoms with Crippen LogP contribution >= 0.6 is 0 Å². The fourth-order valence-corrected chi connectivity index (χ4v) is 0.893. The third-order valence-electron chi connectivity index (χ3n) is 1.42. The molecular weight excluding hydrogens is 154 g/mol. The summed E-state index contributed by atoms with van der Waals surface area (Å²) < 4.78 is 0. The zero-order valence-corrected chi connectivity index (χ0v) is 6.07. The van der Waals surface area contributed by atoms with Gasteiger partial charge in [-0.3, -0.25) is 0 Å². The van der Waals surface area contributed by atoms with Crippen LogP contribution in [0.2, 0.25) is 0 Å². The van der Waals surface area contributed by atoms with Gasteiger partial charge in [0.1, 0.15) is 11.8 Å². The van der Waals surface area contributed by atoms with Crippen molar-refractivity contribution in [3.63, 3.8) is 0 Å². The van der Waals surface area contributed by atoms with Crippen molar-refractivity contribution in [3.8, 4) is 17.7 Å². The minimum Gasteiger partial charge on any atom is -0.342 e. The van der Waals surface area contributed by atoms with Crippen molar-refractivity contribution in [3.05, 3.63) is 24.3 Å². The van der Waals surface area contributed by atoms with Crippen LogP contribution in [0.1, 0.15) is 5.69 Å². The van der Waals surface area contributed by atoms with E-state index in [9.17, 15) is 0 Å². The molecule has 0 aliphatic heterocycles. The fourth-order valence-electron chi connectivity index (χ4n) is 0.893. The Morgan fingerprint density at radius 2 is 2.25 bits per heavy atom. The van der Waals surface area contributed by atoms with E-state index in [0.29, 0.717) is 17.3 Å². The van der Waals surface area contributed by atoms with Crippen LogP contribution in [-0.4, -0.2) is 19.9 Å². The molecule has 12 heavy (non-hydrogen) atoms. The second-order valence-corrected chi connectivity index (χ2v) is 2.20. The summed E-state index contributed by atoms with van der Waals surface area (Å²) in [6.07, 6.45) is 4.80. The maximum absolute atomic E-state index is 8.50. The molecule has 0 amide bonds. The van der Waals surface area contributed by atoms with E-state index in [-0.39, 0.29) is 0 Å². The molecule has 0 atom stereocenters. The monoisotopic (exact) mass is 159 g/mol. The molecule has 5 nitrogen and oxygen atoms in total. The van der Waals surface area contributed by atoms with E-state index in [2.05, 4.69) is 19.9 Å². The van der Waals surface area contributed by atoms with Crippen LogP contribution in [0.4, 0.5) is 0 Å². The zero-order chi connectivity index (χ0) is 8.39. The van der Waals surface area contributed by atoms with E-state index >= 15 is 0 Å². The molecule has 0 aliphatic carbocycles. The summed E-state index contributed by atoms with van der Waals surface area (Å²) in [5.74, 6) is 1.22. The van der Waals surface area contributed by atoms with E-state index in [1.807, 2.05) is 6.07 Å². The summed E-state index contributed by atoms with van der Waals surface area (Å²) in [4.78, 5) is 13.6. The van der Waals surface area contributed by atoms with Gasteiger partial charge in [-0.25, -0.2) is 9.97 Å². The van der Waals surface area contributed by atoms with E-state index in [1.54, 1.807) is 12.4 Å². The van der Waals surface area contributed by atoms with Crippen LogP contribution < -0.4 is 0 Å². The summed E-state index contributed by atoms with van der Waals surface area (Å²) in [5, 5.41) is 8.50. The average Bonchev–Trinajstić information content (AvgIpc) is 2.75. The molecule has 0 aliphatic rings. The average molecular weight is 159 g/mol. The molecule has 0 saturated carbocycles. The number of H-pyrrole nitrogens is 2. The first-order chi connectivity index (χ1) is 5.90. The minimum absolute atomic E-state index is 0.432. The summed E-state index contributed by atoms with van der Waals surface area (Å²) in [6.45, 7) is 0. The highest BCUT2D eigenvalue weighted by molar-refractivity contribution is 5.44. The van der Waals surface area contributed by atoms with Gasteiger partial charge < -0.3 is 9.97 Å². The molecule has 0 aromatic carbocycles. The Morgan fingerprint density at radius 3 is 2.83 bits per heavy atom. The molecule has 0 bridgehead atoms. The van der Waals surface area contributed by atoms with Crippen molar-refractivity contribution in [2.75, 3.05) is 0 Å². The van der Waals surface area contributed by atoms with Gasteiger partial charge in [0, 0.05) is 12.4 Å². The summed E-state index contributed by atoms with van der Waals surface area (Å²) >= 11 is 0. The van der Waals surface area contributed by atoms with E-state index in [1.165, 1.54) is 6.20 Å². The van der Waals surface area contributed by atoms with E-state index in [4.69, 9.17) is 5.26 Å². The maximum Gasteiger partial charge on any atom is 0.174 e. The Hall–Kier alpha value is -2.09. The number of hydrogen-bond acceptors (Lipinski definition) is 3. The lowest BCUT2D eigenvalue weighted by Gasteiger charge is -1.85. The van der Waals surface area contributed by atoms with Crippen molar-refractivity contribution < 1.29 is 0 Å². The number of aromatic nitrogens is 4. The maximum atomic E-state index is 8.50. The molecule has 2 N–H and O–H groups in total. The molecule has 2 heterocycles. The molecule has 0 unspecified atom stereocenters. The Morgan fingerprint density at radius 1 is 1.33 bits per heavy atom. The van der Waals surface area contributed by atoms with Crippen LogP contribution in [0.3, 0.4) is 0 Å². The molecule has 2 aromatic heterocycles. The lowest BCUT2D eigenvalue weighted by molar-refractivity contribution is 1.19. The second kappa shape index (κ2) is 2.51. The molecule has 0 saturated heterocycles. The number of aromatic amines is 2. The highest BCUT2D eigenvalue weighted by atomic mass is 15.0. The van der Waals surface area contributed by atoms with Crippen LogP contribution in [0, 0.1) is 11.3 Å². The standard InChI is InChI=1S/C7H5N5/c8-3-5-4-11-7(12-5)6-9-1-2-10-6/h1-2,4H,(H,9,10)(H,11,12). The SMILES string of the molecule is N#Cc1cnc(-c2ncc[nH]2)[nH]1. The number of imidazole rings is 2. The van der Waals surface area contributed by atoms with Gasteiger partial charge in [-0.15, -0.1) is 0 Å².